The maximum atomic E-state index is 12.4. The average Bonchev–Trinajstić information content (AvgIpc) is 2.62. The molecule has 1 amide bonds. The molecule has 1 aromatic carbocycles. The first-order valence-corrected chi connectivity index (χ1v) is 7.19. The number of methoxy groups -OCH3 is 2. The molecule has 0 radical (unpaired) electrons. The van der Waals surface area contributed by atoms with Gasteiger partial charge < -0.3 is 20.1 Å². The normalized spacial score (nSPS) is 10.1. The molecular formula is C16H18N4O4. The zero-order valence-corrected chi connectivity index (χ0v) is 13.4. The lowest BCUT2D eigenvalue weighted by atomic mass is 10.1. The topological polar surface area (TPSA) is 102 Å². The van der Waals surface area contributed by atoms with Crippen LogP contribution in [-0.4, -0.2) is 49.2 Å². The minimum atomic E-state index is -0.532. The van der Waals surface area contributed by atoms with Gasteiger partial charge in [-0.15, -0.1) is 0 Å². The van der Waals surface area contributed by atoms with E-state index in [4.69, 9.17) is 9.47 Å². The molecule has 0 saturated carbocycles. The predicted molar refractivity (Wildman–Crippen MR) is 88.1 cm³/mol. The van der Waals surface area contributed by atoms with Crippen LogP contribution in [0.1, 0.15) is 20.8 Å². The molecule has 2 aromatic rings. The van der Waals surface area contributed by atoms with Gasteiger partial charge in [-0.05, 0) is 12.1 Å². The standard InChI is InChI=1S/C16H18N4O4/c1-23-8-7-17-14-9-13(18-10-19-14)15(21)20-12-6-4-3-5-11(12)16(22)24-2/h3-6,9-10H,7-8H2,1-2H3,(H,20,21)(H,17,18,19). The number of esters is 1. The fraction of sp³-hybridized carbons (Fsp3) is 0.250. The van der Waals surface area contributed by atoms with Crippen LogP contribution in [0.25, 0.3) is 0 Å². The van der Waals surface area contributed by atoms with Gasteiger partial charge in [0.25, 0.3) is 5.91 Å². The minimum Gasteiger partial charge on any atom is -0.465 e. The van der Waals surface area contributed by atoms with E-state index >= 15 is 0 Å². The summed E-state index contributed by atoms with van der Waals surface area (Å²) in [7, 11) is 2.88. The Hall–Kier alpha value is -3.00. The number of carbonyl (C=O) groups is 2. The molecule has 8 nitrogen and oxygen atoms in total. The lowest BCUT2D eigenvalue weighted by Crippen LogP contribution is -2.17. The molecule has 0 unspecified atom stereocenters. The third kappa shape index (κ3) is 4.50. The monoisotopic (exact) mass is 330 g/mol. The van der Waals surface area contributed by atoms with E-state index in [0.717, 1.165) is 0 Å². The number of hydrogen-bond acceptors (Lipinski definition) is 7. The van der Waals surface area contributed by atoms with Crippen LogP contribution < -0.4 is 10.6 Å². The summed E-state index contributed by atoms with van der Waals surface area (Å²) < 4.78 is 9.64. The molecule has 0 bridgehead atoms. The maximum absolute atomic E-state index is 12.4. The van der Waals surface area contributed by atoms with Gasteiger partial charge >= 0.3 is 5.97 Å². The zero-order valence-electron chi connectivity index (χ0n) is 13.4. The highest BCUT2D eigenvalue weighted by Gasteiger charge is 2.15. The third-order valence-electron chi connectivity index (χ3n) is 3.09. The van der Waals surface area contributed by atoms with Crippen molar-refractivity contribution in [3.63, 3.8) is 0 Å². The van der Waals surface area contributed by atoms with Crippen LogP contribution in [0.2, 0.25) is 0 Å². The van der Waals surface area contributed by atoms with E-state index in [-0.39, 0.29) is 11.3 Å². The number of para-hydroxylation sites is 1. The SMILES string of the molecule is COCCNc1cc(C(=O)Nc2ccccc2C(=O)OC)ncn1. The first kappa shape index (κ1) is 17.4. The number of aromatic nitrogens is 2. The van der Waals surface area contributed by atoms with Crippen LogP contribution in [0.3, 0.4) is 0 Å². The van der Waals surface area contributed by atoms with E-state index in [9.17, 15) is 9.59 Å². The molecule has 0 spiro atoms. The van der Waals surface area contributed by atoms with Gasteiger partial charge in [-0.3, -0.25) is 4.79 Å². The highest BCUT2D eigenvalue weighted by molar-refractivity contribution is 6.07. The van der Waals surface area contributed by atoms with E-state index in [1.165, 1.54) is 19.5 Å². The van der Waals surface area contributed by atoms with Crippen molar-refractivity contribution >= 4 is 23.4 Å². The van der Waals surface area contributed by atoms with Crippen molar-refractivity contribution < 1.29 is 19.1 Å². The molecule has 0 aliphatic rings. The molecule has 2 rings (SSSR count). The Balaban J connectivity index is 2.13. The molecule has 0 saturated heterocycles. The Bertz CT molecular complexity index is 721. The second kappa shape index (κ2) is 8.59. The molecule has 2 N–H and O–H groups in total. The third-order valence-corrected chi connectivity index (χ3v) is 3.09. The number of hydrogen-bond donors (Lipinski definition) is 2. The van der Waals surface area contributed by atoms with Crippen LogP contribution in [-0.2, 0) is 9.47 Å². The predicted octanol–water partition coefficient (Wildman–Crippen LogP) is 1.57. The summed E-state index contributed by atoms with van der Waals surface area (Å²) >= 11 is 0. The Labute approximate surface area is 139 Å². The molecule has 0 aliphatic heterocycles. The number of ether oxygens (including phenoxy) is 2. The summed E-state index contributed by atoms with van der Waals surface area (Å²) in [6, 6.07) is 8.10. The lowest BCUT2D eigenvalue weighted by Gasteiger charge is -2.10. The second-order valence-corrected chi connectivity index (χ2v) is 4.70. The van der Waals surface area contributed by atoms with E-state index in [0.29, 0.717) is 24.7 Å². The van der Waals surface area contributed by atoms with Crippen molar-refractivity contribution in [1.82, 2.24) is 9.97 Å². The Morgan fingerprint density at radius 3 is 2.71 bits per heavy atom. The van der Waals surface area contributed by atoms with E-state index in [1.807, 2.05) is 0 Å². The van der Waals surface area contributed by atoms with Crippen molar-refractivity contribution in [2.24, 2.45) is 0 Å². The number of amides is 1. The van der Waals surface area contributed by atoms with Crippen molar-refractivity contribution in [2.45, 2.75) is 0 Å². The molecule has 8 heteroatoms. The van der Waals surface area contributed by atoms with Gasteiger partial charge in [0.2, 0.25) is 0 Å². The van der Waals surface area contributed by atoms with Gasteiger partial charge in [0.05, 0.1) is 25.0 Å². The van der Waals surface area contributed by atoms with Gasteiger partial charge in [0.15, 0.2) is 0 Å². The van der Waals surface area contributed by atoms with E-state index < -0.39 is 11.9 Å². The molecule has 0 fully saturated rings. The van der Waals surface area contributed by atoms with Gasteiger partial charge in [-0.2, -0.15) is 0 Å². The highest BCUT2D eigenvalue weighted by Crippen LogP contribution is 2.17. The first-order valence-electron chi connectivity index (χ1n) is 7.19. The van der Waals surface area contributed by atoms with Gasteiger partial charge in [-0.25, -0.2) is 14.8 Å². The van der Waals surface area contributed by atoms with Gasteiger partial charge in [0.1, 0.15) is 17.8 Å². The van der Waals surface area contributed by atoms with Crippen molar-refractivity contribution in [1.29, 1.82) is 0 Å². The van der Waals surface area contributed by atoms with E-state index in [2.05, 4.69) is 20.6 Å². The zero-order chi connectivity index (χ0) is 17.4. The second-order valence-electron chi connectivity index (χ2n) is 4.70. The van der Waals surface area contributed by atoms with Crippen molar-refractivity contribution in [3.05, 3.63) is 47.9 Å². The Morgan fingerprint density at radius 2 is 1.96 bits per heavy atom. The van der Waals surface area contributed by atoms with Crippen LogP contribution in [0, 0.1) is 0 Å². The Morgan fingerprint density at radius 1 is 1.17 bits per heavy atom. The summed E-state index contributed by atoms with van der Waals surface area (Å²) in [5.41, 5.74) is 0.785. The molecule has 126 valence electrons. The fourth-order valence-electron chi connectivity index (χ4n) is 1.93. The van der Waals surface area contributed by atoms with Gasteiger partial charge in [0, 0.05) is 19.7 Å². The largest absolute Gasteiger partial charge is 0.465 e. The van der Waals surface area contributed by atoms with Crippen molar-refractivity contribution in [3.8, 4) is 0 Å². The number of rotatable bonds is 7. The summed E-state index contributed by atoms with van der Waals surface area (Å²) in [6.45, 7) is 1.07. The number of anilines is 2. The molecule has 1 heterocycles. The fourth-order valence-corrected chi connectivity index (χ4v) is 1.93. The summed E-state index contributed by atoms with van der Waals surface area (Å²) in [5.74, 6) is -0.479. The summed E-state index contributed by atoms with van der Waals surface area (Å²) in [4.78, 5) is 32.1. The van der Waals surface area contributed by atoms with Crippen LogP contribution in [0.4, 0.5) is 11.5 Å². The van der Waals surface area contributed by atoms with Crippen molar-refractivity contribution in [2.75, 3.05) is 38.0 Å². The number of nitrogens with zero attached hydrogens (tertiary/aromatic N) is 2. The lowest BCUT2D eigenvalue weighted by molar-refractivity contribution is 0.0602. The molecule has 24 heavy (non-hydrogen) atoms. The van der Waals surface area contributed by atoms with Crippen LogP contribution in [0.15, 0.2) is 36.7 Å². The van der Waals surface area contributed by atoms with E-state index in [1.54, 1.807) is 31.4 Å². The minimum absolute atomic E-state index is 0.171. The molecule has 0 atom stereocenters. The first-order chi connectivity index (χ1) is 11.7. The highest BCUT2D eigenvalue weighted by atomic mass is 16.5. The summed E-state index contributed by atoms with van der Waals surface area (Å²) in [5, 5.41) is 5.67. The van der Waals surface area contributed by atoms with Gasteiger partial charge in [-0.1, -0.05) is 12.1 Å². The molecule has 1 aromatic heterocycles. The Kier molecular flexibility index (Phi) is 6.21. The van der Waals surface area contributed by atoms with Crippen LogP contribution >= 0.6 is 0 Å². The quantitative estimate of drug-likeness (QED) is 0.587. The number of carbonyl (C=O) groups excluding carboxylic acids is 2. The number of benzene rings is 1. The maximum Gasteiger partial charge on any atom is 0.339 e. The average molecular weight is 330 g/mol. The number of nitrogens with one attached hydrogen (secondary N) is 2. The molecular weight excluding hydrogens is 312 g/mol. The smallest absolute Gasteiger partial charge is 0.339 e. The van der Waals surface area contributed by atoms with Crippen LogP contribution in [0.5, 0.6) is 0 Å². The summed E-state index contributed by atoms with van der Waals surface area (Å²) in [6.07, 6.45) is 1.29. The molecule has 0 aliphatic carbocycles.